The van der Waals surface area contributed by atoms with Gasteiger partial charge >= 0.3 is 0 Å². The number of nitrogens with one attached hydrogen (secondary N) is 1. The van der Waals surface area contributed by atoms with Crippen LogP contribution in [0, 0.1) is 6.92 Å². The van der Waals surface area contributed by atoms with E-state index in [2.05, 4.69) is 10.3 Å². The summed E-state index contributed by atoms with van der Waals surface area (Å²) in [4.78, 5) is 39.1. The molecular weight excluding hydrogens is 484 g/mol. The summed E-state index contributed by atoms with van der Waals surface area (Å²) in [5, 5.41) is 3.08. The van der Waals surface area contributed by atoms with Gasteiger partial charge in [0.15, 0.2) is 0 Å². The monoisotopic (exact) mass is 510 g/mol. The quantitative estimate of drug-likeness (QED) is 0.395. The van der Waals surface area contributed by atoms with Gasteiger partial charge in [-0.3, -0.25) is 9.59 Å². The van der Waals surface area contributed by atoms with Gasteiger partial charge in [0.05, 0.1) is 23.4 Å². The van der Waals surface area contributed by atoms with Crippen molar-refractivity contribution >= 4 is 28.8 Å². The number of anilines is 1. The summed E-state index contributed by atoms with van der Waals surface area (Å²) in [6, 6.07) is 17.6. The summed E-state index contributed by atoms with van der Waals surface area (Å²) in [5.74, 6) is 0.405. The lowest BCUT2D eigenvalue weighted by molar-refractivity contribution is 0.0952. The van der Waals surface area contributed by atoms with Crippen LogP contribution in [-0.4, -0.2) is 41.5 Å². The van der Waals surface area contributed by atoms with E-state index in [-0.39, 0.29) is 11.8 Å². The van der Waals surface area contributed by atoms with Gasteiger partial charge in [-0.25, -0.2) is 9.97 Å². The van der Waals surface area contributed by atoms with E-state index in [4.69, 9.17) is 9.72 Å². The van der Waals surface area contributed by atoms with Crippen molar-refractivity contribution in [1.29, 1.82) is 0 Å². The maximum absolute atomic E-state index is 13.8. The SMILES string of the molecule is COc1ncc(-c2cccc(C(=O)N3CCc4cc(C(=O)NC5CC5)sc4-c4ccccc43)n2)cc1C. The number of aromatic nitrogens is 2. The molecule has 1 fully saturated rings. The summed E-state index contributed by atoms with van der Waals surface area (Å²) >= 11 is 1.50. The fraction of sp³-hybridized carbons (Fsp3) is 0.241. The van der Waals surface area contributed by atoms with E-state index in [0.29, 0.717) is 36.3 Å². The fourth-order valence-corrected chi connectivity index (χ4v) is 5.82. The predicted molar refractivity (Wildman–Crippen MR) is 144 cm³/mol. The van der Waals surface area contributed by atoms with Crippen molar-refractivity contribution in [2.24, 2.45) is 0 Å². The number of amides is 2. The number of aryl methyl sites for hydroxylation is 1. The maximum atomic E-state index is 13.8. The molecule has 8 heteroatoms. The van der Waals surface area contributed by atoms with E-state index in [1.54, 1.807) is 24.3 Å². The fourth-order valence-electron chi connectivity index (χ4n) is 4.67. The second kappa shape index (κ2) is 9.44. The molecule has 4 heterocycles. The van der Waals surface area contributed by atoms with Gasteiger partial charge < -0.3 is 15.0 Å². The molecule has 1 aliphatic heterocycles. The topological polar surface area (TPSA) is 84.4 Å². The minimum absolute atomic E-state index is 0.00439. The largest absolute Gasteiger partial charge is 0.481 e. The van der Waals surface area contributed by atoms with E-state index >= 15 is 0 Å². The molecule has 0 saturated heterocycles. The molecule has 6 rings (SSSR count). The Labute approximate surface area is 219 Å². The van der Waals surface area contributed by atoms with Gasteiger partial charge in [-0.1, -0.05) is 24.3 Å². The normalized spacial score (nSPS) is 14.4. The van der Waals surface area contributed by atoms with Crippen molar-refractivity contribution < 1.29 is 14.3 Å². The van der Waals surface area contributed by atoms with E-state index in [1.807, 2.05) is 55.5 Å². The highest BCUT2D eigenvalue weighted by atomic mass is 32.1. The Hall–Kier alpha value is -4.04. The van der Waals surface area contributed by atoms with Crippen molar-refractivity contribution in [3.05, 3.63) is 82.5 Å². The molecule has 3 aromatic heterocycles. The first-order valence-electron chi connectivity index (χ1n) is 12.3. The predicted octanol–water partition coefficient (Wildman–Crippen LogP) is 5.28. The number of ether oxygens (including phenoxy) is 1. The summed E-state index contributed by atoms with van der Waals surface area (Å²) in [7, 11) is 1.59. The third-order valence-electron chi connectivity index (χ3n) is 6.72. The van der Waals surface area contributed by atoms with Crippen molar-refractivity contribution in [3.8, 4) is 27.6 Å². The Balaban J connectivity index is 1.32. The second-order valence-corrected chi connectivity index (χ2v) is 10.4. The van der Waals surface area contributed by atoms with Crippen molar-refractivity contribution in [3.63, 3.8) is 0 Å². The molecule has 2 aliphatic rings. The number of thiophene rings is 1. The molecule has 0 radical (unpaired) electrons. The third kappa shape index (κ3) is 4.49. The first kappa shape index (κ1) is 23.4. The number of hydrogen-bond donors (Lipinski definition) is 1. The van der Waals surface area contributed by atoms with Gasteiger partial charge in [0.25, 0.3) is 11.8 Å². The van der Waals surface area contributed by atoms with E-state index in [1.165, 1.54) is 11.3 Å². The zero-order valence-corrected chi connectivity index (χ0v) is 21.5. The summed E-state index contributed by atoms with van der Waals surface area (Å²) in [6.07, 6.45) is 4.48. The van der Waals surface area contributed by atoms with Crippen LogP contribution in [-0.2, 0) is 6.42 Å². The number of fused-ring (bicyclic) bond motifs is 3. The van der Waals surface area contributed by atoms with Gasteiger partial charge in [-0.05, 0) is 62.1 Å². The average molecular weight is 511 g/mol. The molecule has 1 aromatic carbocycles. The van der Waals surface area contributed by atoms with Crippen LogP contribution in [0.5, 0.6) is 5.88 Å². The van der Waals surface area contributed by atoms with Crippen LogP contribution in [0.15, 0.2) is 60.8 Å². The molecule has 2 amide bonds. The Kier molecular flexibility index (Phi) is 5.96. The number of nitrogens with zero attached hydrogens (tertiary/aromatic N) is 3. The van der Waals surface area contributed by atoms with Crippen molar-refractivity contribution in [1.82, 2.24) is 15.3 Å². The first-order valence-corrected chi connectivity index (χ1v) is 13.2. The summed E-state index contributed by atoms with van der Waals surface area (Å²) in [5.41, 5.74) is 5.66. The Morgan fingerprint density at radius 3 is 2.73 bits per heavy atom. The van der Waals surface area contributed by atoms with Gasteiger partial charge in [0, 0.05) is 40.4 Å². The number of benzene rings is 1. The first-order chi connectivity index (χ1) is 18.0. The van der Waals surface area contributed by atoms with Gasteiger partial charge in [-0.2, -0.15) is 0 Å². The highest BCUT2D eigenvalue weighted by Crippen LogP contribution is 2.42. The zero-order valence-electron chi connectivity index (χ0n) is 20.7. The van der Waals surface area contributed by atoms with E-state index in [9.17, 15) is 9.59 Å². The van der Waals surface area contributed by atoms with Gasteiger partial charge in [0.1, 0.15) is 5.69 Å². The number of hydrogen-bond acceptors (Lipinski definition) is 6. The van der Waals surface area contributed by atoms with Gasteiger partial charge in [-0.15, -0.1) is 11.3 Å². The molecule has 7 nitrogen and oxygen atoms in total. The number of rotatable bonds is 5. The molecule has 4 aromatic rings. The number of carbonyl (C=O) groups is 2. The standard InChI is InChI=1S/C29H26N4O3S/c1-17-14-19(16-30-28(17)36-2)22-7-5-8-23(32-22)29(35)33-13-12-18-15-25(27(34)31-20-10-11-20)37-26(18)21-6-3-4-9-24(21)33/h3-9,14-16,20H,10-13H2,1-2H3,(H,31,34). The molecule has 1 saturated carbocycles. The Bertz CT molecular complexity index is 1530. The minimum Gasteiger partial charge on any atom is -0.481 e. The van der Waals surface area contributed by atoms with Crippen LogP contribution in [0.25, 0.3) is 21.7 Å². The van der Waals surface area contributed by atoms with Gasteiger partial charge in [0.2, 0.25) is 5.88 Å². The molecule has 0 spiro atoms. The van der Waals surface area contributed by atoms with Crippen LogP contribution >= 0.6 is 11.3 Å². The molecule has 0 bridgehead atoms. The lowest BCUT2D eigenvalue weighted by Gasteiger charge is -2.23. The molecular formula is C29H26N4O3S. The van der Waals surface area contributed by atoms with Crippen LogP contribution in [0.4, 0.5) is 5.69 Å². The Morgan fingerprint density at radius 1 is 1.11 bits per heavy atom. The highest BCUT2D eigenvalue weighted by Gasteiger charge is 2.29. The second-order valence-electron chi connectivity index (χ2n) is 9.39. The average Bonchev–Trinajstić information content (AvgIpc) is 3.67. The van der Waals surface area contributed by atoms with Crippen molar-refractivity contribution in [2.75, 3.05) is 18.6 Å². The molecule has 186 valence electrons. The number of pyridine rings is 2. The van der Waals surface area contributed by atoms with Crippen LogP contribution in [0.1, 0.15) is 44.1 Å². The van der Waals surface area contributed by atoms with E-state index < -0.39 is 0 Å². The number of methoxy groups -OCH3 is 1. The minimum atomic E-state index is -0.158. The smallest absolute Gasteiger partial charge is 0.276 e. The van der Waals surface area contributed by atoms with Crippen LogP contribution < -0.4 is 15.0 Å². The lowest BCUT2D eigenvalue weighted by Crippen LogP contribution is -2.33. The molecule has 0 unspecified atom stereocenters. The highest BCUT2D eigenvalue weighted by molar-refractivity contribution is 7.17. The molecule has 1 N–H and O–H groups in total. The maximum Gasteiger partial charge on any atom is 0.276 e. The molecule has 1 aliphatic carbocycles. The number of carbonyl (C=O) groups excluding carboxylic acids is 2. The molecule has 0 atom stereocenters. The van der Waals surface area contributed by atoms with Crippen molar-refractivity contribution in [2.45, 2.75) is 32.2 Å². The van der Waals surface area contributed by atoms with Crippen LogP contribution in [0.3, 0.4) is 0 Å². The summed E-state index contributed by atoms with van der Waals surface area (Å²) < 4.78 is 5.27. The summed E-state index contributed by atoms with van der Waals surface area (Å²) in [6.45, 7) is 2.43. The molecule has 37 heavy (non-hydrogen) atoms. The van der Waals surface area contributed by atoms with E-state index in [0.717, 1.165) is 50.5 Å². The lowest BCUT2D eigenvalue weighted by atomic mass is 10.1. The number of para-hydroxylation sites is 1. The third-order valence-corrected chi connectivity index (χ3v) is 7.93. The Morgan fingerprint density at radius 2 is 1.95 bits per heavy atom. The zero-order chi connectivity index (χ0) is 25.5. The van der Waals surface area contributed by atoms with Crippen LogP contribution in [0.2, 0.25) is 0 Å².